The standard InChI is InChI=1S/C26H32N4O3S/c1-16-12-19(8-11-22(16)33-4)24(31)27-15-17-6-5-7-18(13-17)25(32)29-26-28-21-10-9-20(30(2)3)14-23(21)34-26/h5-8,11-13,20,26,28H,9-10,14-15H2,1-4H3,(H,27,31)(H,29,32)/t20?,26-/m1/s1. The van der Waals surface area contributed by atoms with Crippen molar-refractivity contribution in [3.8, 4) is 5.75 Å². The molecular weight excluding hydrogens is 448 g/mol. The van der Waals surface area contributed by atoms with Gasteiger partial charge in [0.15, 0.2) is 5.50 Å². The van der Waals surface area contributed by atoms with Crippen molar-refractivity contribution < 1.29 is 14.3 Å². The number of aryl methyl sites for hydroxylation is 1. The molecule has 0 aromatic heterocycles. The number of amides is 2. The topological polar surface area (TPSA) is 82.7 Å². The van der Waals surface area contributed by atoms with E-state index in [1.165, 1.54) is 10.6 Å². The number of rotatable bonds is 7. The zero-order valence-corrected chi connectivity index (χ0v) is 20.9. The lowest BCUT2D eigenvalue weighted by Crippen LogP contribution is -2.40. The van der Waals surface area contributed by atoms with Crippen LogP contribution in [0.25, 0.3) is 0 Å². The molecule has 34 heavy (non-hydrogen) atoms. The highest BCUT2D eigenvalue weighted by molar-refractivity contribution is 8.03. The summed E-state index contributed by atoms with van der Waals surface area (Å²) in [4.78, 5) is 29.1. The summed E-state index contributed by atoms with van der Waals surface area (Å²) in [6.45, 7) is 2.24. The van der Waals surface area contributed by atoms with Crippen molar-refractivity contribution in [3.63, 3.8) is 0 Å². The van der Waals surface area contributed by atoms with Gasteiger partial charge in [-0.1, -0.05) is 23.9 Å². The van der Waals surface area contributed by atoms with Crippen LogP contribution in [0.3, 0.4) is 0 Å². The summed E-state index contributed by atoms with van der Waals surface area (Å²) in [5, 5.41) is 9.48. The highest BCUT2D eigenvalue weighted by Gasteiger charge is 2.31. The second-order valence-corrected chi connectivity index (χ2v) is 10.1. The van der Waals surface area contributed by atoms with E-state index in [1.807, 2.05) is 25.1 Å². The van der Waals surface area contributed by atoms with Gasteiger partial charge in [0.05, 0.1) is 7.11 Å². The van der Waals surface area contributed by atoms with Gasteiger partial charge >= 0.3 is 0 Å². The van der Waals surface area contributed by atoms with Gasteiger partial charge in [-0.25, -0.2) is 0 Å². The van der Waals surface area contributed by atoms with E-state index in [1.54, 1.807) is 43.1 Å². The van der Waals surface area contributed by atoms with Gasteiger partial charge in [0, 0.05) is 34.3 Å². The summed E-state index contributed by atoms with van der Waals surface area (Å²) in [6, 6.07) is 13.2. The summed E-state index contributed by atoms with van der Waals surface area (Å²) < 4.78 is 5.25. The fraction of sp³-hybridized carbons (Fsp3) is 0.385. The number of allylic oxidation sites excluding steroid dienone is 1. The van der Waals surface area contributed by atoms with E-state index in [2.05, 4.69) is 34.9 Å². The molecule has 2 atom stereocenters. The summed E-state index contributed by atoms with van der Waals surface area (Å²) in [7, 11) is 5.85. The fourth-order valence-corrected chi connectivity index (χ4v) is 5.57. The van der Waals surface area contributed by atoms with Crippen molar-refractivity contribution in [2.24, 2.45) is 0 Å². The summed E-state index contributed by atoms with van der Waals surface area (Å²) >= 11 is 1.70. The lowest BCUT2D eigenvalue weighted by atomic mass is 9.98. The van der Waals surface area contributed by atoms with Crippen LogP contribution in [0.1, 0.15) is 51.1 Å². The Labute approximate surface area is 205 Å². The van der Waals surface area contributed by atoms with Gasteiger partial charge in [-0.15, -0.1) is 0 Å². The maximum absolute atomic E-state index is 12.9. The minimum absolute atomic E-state index is 0.132. The molecule has 4 rings (SSSR count). The van der Waals surface area contributed by atoms with Gasteiger partial charge in [-0.05, 0) is 81.7 Å². The van der Waals surface area contributed by atoms with Crippen LogP contribution < -0.4 is 20.7 Å². The quantitative estimate of drug-likeness (QED) is 0.562. The minimum atomic E-state index is -0.167. The molecule has 1 aliphatic carbocycles. The van der Waals surface area contributed by atoms with Gasteiger partial charge in [0.2, 0.25) is 0 Å². The van der Waals surface area contributed by atoms with Crippen LogP contribution in [0.5, 0.6) is 5.75 Å². The molecule has 3 N–H and O–H groups in total. The van der Waals surface area contributed by atoms with E-state index >= 15 is 0 Å². The third kappa shape index (κ3) is 5.56. The molecule has 2 aromatic carbocycles. The third-order valence-corrected chi connectivity index (χ3v) is 7.51. The van der Waals surface area contributed by atoms with Crippen LogP contribution in [0.4, 0.5) is 0 Å². The van der Waals surface area contributed by atoms with Crippen LogP contribution >= 0.6 is 11.8 Å². The molecule has 0 spiro atoms. The van der Waals surface area contributed by atoms with Crippen LogP contribution in [0, 0.1) is 6.92 Å². The van der Waals surface area contributed by atoms with E-state index in [0.29, 0.717) is 23.7 Å². The number of nitrogens with one attached hydrogen (secondary N) is 3. The molecule has 1 heterocycles. The highest BCUT2D eigenvalue weighted by Crippen LogP contribution is 2.39. The number of carbonyl (C=O) groups is 2. The monoisotopic (exact) mass is 480 g/mol. The van der Waals surface area contributed by atoms with Crippen molar-refractivity contribution in [2.45, 2.75) is 44.3 Å². The third-order valence-electron chi connectivity index (χ3n) is 6.34. The Balaban J connectivity index is 1.31. The Morgan fingerprint density at radius 3 is 2.68 bits per heavy atom. The van der Waals surface area contributed by atoms with Crippen LogP contribution in [0.15, 0.2) is 53.1 Å². The van der Waals surface area contributed by atoms with Gasteiger partial charge in [-0.3, -0.25) is 9.59 Å². The number of carbonyl (C=O) groups excluding carboxylic acids is 2. The molecule has 0 saturated carbocycles. The van der Waals surface area contributed by atoms with Crippen LogP contribution in [0.2, 0.25) is 0 Å². The van der Waals surface area contributed by atoms with E-state index in [9.17, 15) is 9.59 Å². The molecule has 7 nitrogen and oxygen atoms in total. The van der Waals surface area contributed by atoms with Crippen molar-refractivity contribution in [3.05, 3.63) is 75.3 Å². The average Bonchev–Trinajstić information content (AvgIpc) is 3.24. The smallest absolute Gasteiger partial charge is 0.253 e. The SMILES string of the molecule is COc1ccc(C(=O)NCc2cccc(C(=O)N[C@H]3NC4=C(CC(N(C)C)CC4)S3)c2)cc1C. The number of benzene rings is 2. The second kappa shape index (κ2) is 10.5. The maximum Gasteiger partial charge on any atom is 0.253 e. The first-order chi connectivity index (χ1) is 16.3. The molecule has 0 fully saturated rings. The van der Waals surface area contributed by atoms with Gasteiger partial charge in [0.25, 0.3) is 11.8 Å². The van der Waals surface area contributed by atoms with E-state index < -0.39 is 0 Å². The lowest BCUT2D eigenvalue weighted by Gasteiger charge is -2.28. The zero-order chi connectivity index (χ0) is 24.2. The molecule has 2 amide bonds. The fourth-order valence-electron chi connectivity index (χ4n) is 4.33. The molecule has 1 aliphatic heterocycles. The average molecular weight is 481 g/mol. The first-order valence-corrected chi connectivity index (χ1v) is 12.4. The zero-order valence-electron chi connectivity index (χ0n) is 20.1. The van der Waals surface area contributed by atoms with Crippen molar-refractivity contribution in [1.29, 1.82) is 0 Å². The van der Waals surface area contributed by atoms with Gasteiger partial charge < -0.3 is 25.6 Å². The Bertz CT molecular complexity index is 1110. The van der Waals surface area contributed by atoms with Crippen molar-refractivity contribution in [2.75, 3.05) is 21.2 Å². The Kier molecular flexibility index (Phi) is 7.48. The molecule has 0 saturated heterocycles. The lowest BCUT2D eigenvalue weighted by molar-refractivity contribution is 0.0942. The van der Waals surface area contributed by atoms with E-state index in [-0.39, 0.29) is 17.3 Å². The van der Waals surface area contributed by atoms with E-state index in [4.69, 9.17) is 4.74 Å². The number of nitrogens with zero attached hydrogens (tertiary/aromatic N) is 1. The van der Waals surface area contributed by atoms with Crippen LogP contribution in [-0.4, -0.2) is 49.5 Å². The van der Waals surface area contributed by atoms with Crippen molar-refractivity contribution >= 4 is 23.6 Å². The first kappa shape index (κ1) is 24.2. The Morgan fingerprint density at radius 1 is 1.15 bits per heavy atom. The molecule has 2 aromatic rings. The Hall–Kier alpha value is -2.97. The molecular formula is C26H32N4O3S. The predicted octanol–water partition coefficient (Wildman–Crippen LogP) is 3.61. The number of hydrogen-bond acceptors (Lipinski definition) is 6. The van der Waals surface area contributed by atoms with Crippen molar-refractivity contribution in [1.82, 2.24) is 20.9 Å². The van der Waals surface area contributed by atoms with Gasteiger partial charge in [0.1, 0.15) is 5.75 Å². The van der Waals surface area contributed by atoms with Crippen LogP contribution in [-0.2, 0) is 6.54 Å². The molecule has 1 unspecified atom stereocenters. The Morgan fingerprint density at radius 2 is 1.94 bits per heavy atom. The maximum atomic E-state index is 12.9. The highest BCUT2D eigenvalue weighted by atomic mass is 32.2. The summed E-state index contributed by atoms with van der Waals surface area (Å²) in [5.74, 6) is 0.451. The van der Waals surface area contributed by atoms with E-state index in [0.717, 1.165) is 36.1 Å². The normalized spacial score (nSPS) is 19.4. The van der Waals surface area contributed by atoms with Gasteiger partial charge in [-0.2, -0.15) is 0 Å². The number of methoxy groups -OCH3 is 1. The summed E-state index contributed by atoms with van der Waals surface area (Å²) in [6.07, 6.45) is 3.17. The number of ether oxygens (including phenoxy) is 1. The first-order valence-electron chi connectivity index (χ1n) is 11.5. The molecule has 8 heteroatoms. The predicted molar refractivity (Wildman–Crippen MR) is 136 cm³/mol. The number of thioether (sulfide) groups is 1. The number of hydrogen-bond donors (Lipinski definition) is 3. The second-order valence-electron chi connectivity index (χ2n) is 8.95. The molecule has 0 radical (unpaired) electrons. The largest absolute Gasteiger partial charge is 0.496 e. The molecule has 0 bridgehead atoms. The summed E-state index contributed by atoms with van der Waals surface area (Å²) in [5.41, 5.74) is 4.03. The minimum Gasteiger partial charge on any atom is -0.496 e. The molecule has 2 aliphatic rings. The molecule has 180 valence electrons.